The fraction of sp³-hybridized carbons (Fsp3) is 0.333. The molecule has 0 spiro atoms. The molecule has 0 aliphatic carbocycles. The summed E-state index contributed by atoms with van der Waals surface area (Å²) in [6.45, 7) is 5.64. The van der Waals surface area contributed by atoms with Gasteiger partial charge in [0.25, 0.3) is 0 Å². The second-order valence-corrected chi connectivity index (χ2v) is 8.52. The van der Waals surface area contributed by atoms with Crippen LogP contribution >= 0.6 is 11.8 Å². The average Bonchev–Trinajstić information content (AvgIpc) is 3.03. The molecule has 1 fully saturated rings. The van der Waals surface area contributed by atoms with Crippen molar-refractivity contribution in [1.82, 2.24) is 0 Å². The molecule has 5 nitrogen and oxygen atoms in total. The number of thioether (sulfide) groups is 1. The lowest BCUT2D eigenvalue weighted by molar-refractivity contribution is -0.123. The molecule has 0 radical (unpaired) electrons. The molecule has 2 aromatic carbocycles. The number of benzene rings is 2. The summed E-state index contributed by atoms with van der Waals surface area (Å²) in [5.74, 6) is 1.20. The van der Waals surface area contributed by atoms with Crippen molar-refractivity contribution >= 4 is 35.0 Å². The monoisotopic (exact) mass is 384 g/mol. The smallest absolute Gasteiger partial charge is 0.238 e. The number of hydrogen-bond donors (Lipinski definition) is 1. The normalized spacial score (nSPS) is 17.1. The van der Waals surface area contributed by atoms with Crippen LogP contribution in [0.3, 0.4) is 0 Å². The lowest BCUT2D eigenvalue weighted by Crippen LogP contribution is -2.28. The van der Waals surface area contributed by atoms with Crippen molar-refractivity contribution in [3.63, 3.8) is 0 Å². The van der Waals surface area contributed by atoms with Crippen LogP contribution in [0, 0.1) is 5.41 Å². The largest absolute Gasteiger partial charge is 0.497 e. The van der Waals surface area contributed by atoms with Gasteiger partial charge in [-0.1, -0.05) is 39.0 Å². The summed E-state index contributed by atoms with van der Waals surface area (Å²) in [6, 6.07) is 15.2. The molecular weight excluding hydrogens is 360 g/mol. The number of hydrogen-bond acceptors (Lipinski definition) is 4. The summed E-state index contributed by atoms with van der Waals surface area (Å²) in [5, 5.41) is 2.82. The van der Waals surface area contributed by atoms with Crippen LogP contribution in [0.1, 0.15) is 31.7 Å². The van der Waals surface area contributed by atoms with E-state index in [0.717, 1.165) is 22.7 Å². The highest BCUT2D eigenvalue weighted by Crippen LogP contribution is 2.42. The van der Waals surface area contributed by atoms with Gasteiger partial charge in [0.05, 0.1) is 12.9 Å². The number of amides is 2. The van der Waals surface area contributed by atoms with Gasteiger partial charge in [0.2, 0.25) is 11.8 Å². The fourth-order valence-corrected chi connectivity index (χ4v) is 3.94. The number of carbonyl (C=O) groups is 2. The summed E-state index contributed by atoms with van der Waals surface area (Å²) in [4.78, 5) is 26.4. The van der Waals surface area contributed by atoms with Gasteiger partial charge >= 0.3 is 0 Å². The zero-order valence-electron chi connectivity index (χ0n) is 16.0. The Balaban J connectivity index is 1.82. The van der Waals surface area contributed by atoms with E-state index in [0.29, 0.717) is 5.75 Å². The van der Waals surface area contributed by atoms with Crippen molar-refractivity contribution in [3.05, 3.63) is 54.1 Å². The van der Waals surface area contributed by atoms with E-state index < -0.39 is 5.41 Å². The van der Waals surface area contributed by atoms with Gasteiger partial charge in [0, 0.05) is 22.9 Å². The summed E-state index contributed by atoms with van der Waals surface area (Å²) in [7, 11) is 1.61. The molecule has 2 amide bonds. The van der Waals surface area contributed by atoms with Crippen LogP contribution < -0.4 is 15.0 Å². The standard InChI is InChI=1S/C21H24N2O3S/c1-21(2,3)20(25)22-15-10-8-14(9-11-15)19-23(18(24)13-27-19)16-6-5-7-17(12-16)26-4/h5-12,19H,13H2,1-4H3,(H,22,25)/t19-/m0/s1. The summed E-state index contributed by atoms with van der Waals surface area (Å²) >= 11 is 1.59. The van der Waals surface area contributed by atoms with E-state index in [1.54, 1.807) is 23.8 Å². The number of ether oxygens (including phenoxy) is 1. The molecule has 6 heteroatoms. The summed E-state index contributed by atoms with van der Waals surface area (Å²) in [5.41, 5.74) is 2.14. The van der Waals surface area contributed by atoms with Crippen molar-refractivity contribution in [2.45, 2.75) is 26.1 Å². The van der Waals surface area contributed by atoms with Crippen LogP contribution in [0.4, 0.5) is 11.4 Å². The van der Waals surface area contributed by atoms with Crippen molar-refractivity contribution in [3.8, 4) is 5.75 Å². The van der Waals surface area contributed by atoms with Gasteiger partial charge in [-0.05, 0) is 29.8 Å². The maximum Gasteiger partial charge on any atom is 0.238 e. The molecule has 1 N–H and O–H groups in total. The zero-order chi connectivity index (χ0) is 19.6. The molecule has 1 heterocycles. The molecule has 3 rings (SSSR count). The first-order valence-corrected chi connectivity index (χ1v) is 9.83. The number of nitrogens with zero attached hydrogens (tertiary/aromatic N) is 1. The number of methoxy groups -OCH3 is 1. The molecule has 1 aliphatic heterocycles. The predicted molar refractivity (Wildman–Crippen MR) is 110 cm³/mol. The molecule has 0 bridgehead atoms. The molecule has 0 saturated carbocycles. The molecule has 1 saturated heterocycles. The van der Waals surface area contributed by atoms with Crippen molar-refractivity contribution in [2.75, 3.05) is 23.1 Å². The Bertz CT molecular complexity index is 843. The van der Waals surface area contributed by atoms with Gasteiger partial charge in [-0.3, -0.25) is 14.5 Å². The molecule has 27 heavy (non-hydrogen) atoms. The molecule has 0 unspecified atom stereocenters. The highest BCUT2D eigenvalue weighted by atomic mass is 32.2. The quantitative estimate of drug-likeness (QED) is 0.846. The van der Waals surface area contributed by atoms with E-state index in [-0.39, 0.29) is 17.2 Å². The Hall–Kier alpha value is -2.47. The predicted octanol–water partition coefficient (Wildman–Crippen LogP) is 4.46. The van der Waals surface area contributed by atoms with Crippen LogP contribution in [0.25, 0.3) is 0 Å². The van der Waals surface area contributed by atoms with E-state index in [2.05, 4.69) is 5.32 Å². The minimum Gasteiger partial charge on any atom is -0.497 e. The van der Waals surface area contributed by atoms with Crippen LogP contribution in [0.5, 0.6) is 5.75 Å². The Morgan fingerprint density at radius 2 is 1.89 bits per heavy atom. The Morgan fingerprint density at radius 1 is 1.19 bits per heavy atom. The van der Waals surface area contributed by atoms with Gasteiger partial charge < -0.3 is 10.1 Å². The SMILES string of the molecule is COc1cccc(N2C(=O)CS[C@H]2c2ccc(NC(=O)C(C)(C)C)cc2)c1. The number of carbonyl (C=O) groups excluding carboxylic acids is 2. The zero-order valence-corrected chi connectivity index (χ0v) is 16.8. The lowest BCUT2D eigenvalue weighted by atomic mass is 9.95. The second kappa shape index (κ2) is 7.64. The van der Waals surface area contributed by atoms with Crippen molar-refractivity contribution in [1.29, 1.82) is 0 Å². The first-order valence-electron chi connectivity index (χ1n) is 8.79. The third-order valence-corrected chi connectivity index (χ3v) is 5.55. The van der Waals surface area contributed by atoms with E-state index in [1.165, 1.54) is 0 Å². The van der Waals surface area contributed by atoms with E-state index in [4.69, 9.17) is 4.74 Å². The first kappa shape index (κ1) is 19.3. The van der Waals surface area contributed by atoms with Crippen LogP contribution in [-0.2, 0) is 9.59 Å². The average molecular weight is 385 g/mol. The Morgan fingerprint density at radius 3 is 2.52 bits per heavy atom. The van der Waals surface area contributed by atoms with Gasteiger partial charge in [0.1, 0.15) is 11.1 Å². The second-order valence-electron chi connectivity index (χ2n) is 7.45. The topological polar surface area (TPSA) is 58.6 Å². The minimum atomic E-state index is -0.449. The third kappa shape index (κ3) is 4.27. The minimum absolute atomic E-state index is 0.0290. The maximum absolute atomic E-state index is 12.5. The molecule has 142 valence electrons. The highest BCUT2D eigenvalue weighted by Gasteiger charge is 2.34. The number of nitrogens with one attached hydrogen (secondary N) is 1. The van der Waals surface area contributed by atoms with Crippen LogP contribution in [0.2, 0.25) is 0 Å². The fourth-order valence-electron chi connectivity index (χ4n) is 2.76. The van der Waals surface area contributed by atoms with Gasteiger partial charge in [-0.2, -0.15) is 0 Å². The highest BCUT2D eigenvalue weighted by molar-refractivity contribution is 8.00. The molecule has 1 atom stereocenters. The molecule has 2 aromatic rings. The van der Waals surface area contributed by atoms with Crippen molar-refractivity contribution < 1.29 is 14.3 Å². The molecule has 1 aliphatic rings. The Kier molecular flexibility index (Phi) is 5.46. The number of rotatable bonds is 4. The first-order chi connectivity index (χ1) is 12.8. The van der Waals surface area contributed by atoms with Gasteiger partial charge in [-0.15, -0.1) is 11.8 Å². The summed E-state index contributed by atoms with van der Waals surface area (Å²) in [6.07, 6.45) is 0. The third-order valence-electron chi connectivity index (χ3n) is 4.33. The molecule has 0 aromatic heterocycles. The van der Waals surface area contributed by atoms with Gasteiger partial charge in [0.15, 0.2) is 0 Å². The lowest BCUT2D eigenvalue weighted by Gasteiger charge is -2.25. The van der Waals surface area contributed by atoms with E-state index in [1.807, 2.05) is 69.3 Å². The van der Waals surface area contributed by atoms with Crippen LogP contribution in [0.15, 0.2) is 48.5 Å². The number of anilines is 2. The van der Waals surface area contributed by atoms with Gasteiger partial charge in [-0.25, -0.2) is 0 Å². The molecular formula is C21H24N2O3S. The van der Waals surface area contributed by atoms with E-state index >= 15 is 0 Å². The maximum atomic E-state index is 12.5. The van der Waals surface area contributed by atoms with Crippen molar-refractivity contribution in [2.24, 2.45) is 5.41 Å². The van der Waals surface area contributed by atoms with E-state index in [9.17, 15) is 9.59 Å². The summed E-state index contributed by atoms with van der Waals surface area (Å²) < 4.78 is 5.29. The Labute approximate surface area is 164 Å². The van der Waals surface area contributed by atoms with Crippen LogP contribution in [-0.4, -0.2) is 24.7 Å².